The molecule has 1 N–H and O–H groups in total. The van der Waals surface area contributed by atoms with Crippen LogP contribution in [0.15, 0.2) is 18.2 Å². The van der Waals surface area contributed by atoms with Crippen LogP contribution < -0.4 is 10.1 Å². The highest BCUT2D eigenvalue weighted by atomic mass is 35.5. The van der Waals surface area contributed by atoms with Crippen LogP contribution in [0.3, 0.4) is 0 Å². The van der Waals surface area contributed by atoms with Crippen LogP contribution in [0.2, 0.25) is 5.02 Å². The molecule has 0 spiro atoms. The van der Waals surface area contributed by atoms with Crippen molar-refractivity contribution in [1.29, 1.82) is 0 Å². The molecule has 1 atom stereocenters. The molecule has 0 aliphatic heterocycles. The molecule has 0 aromatic heterocycles. The molecular formula is C15H24ClNO. The van der Waals surface area contributed by atoms with Crippen molar-refractivity contribution in [1.82, 2.24) is 5.32 Å². The van der Waals surface area contributed by atoms with Crippen LogP contribution in [0.1, 0.15) is 39.2 Å². The van der Waals surface area contributed by atoms with Crippen LogP contribution in [-0.2, 0) is 6.42 Å². The zero-order valence-electron chi connectivity index (χ0n) is 11.6. The predicted molar refractivity (Wildman–Crippen MR) is 78.7 cm³/mol. The van der Waals surface area contributed by atoms with Gasteiger partial charge in [0.15, 0.2) is 0 Å². The molecule has 0 saturated carbocycles. The van der Waals surface area contributed by atoms with Crippen LogP contribution in [-0.4, -0.2) is 19.2 Å². The summed E-state index contributed by atoms with van der Waals surface area (Å²) >= 11 is 6.07. The van der Waals surface area contributed by atoms with E-state index in [0.29, 0.717) is 6.04 Å². The van der Waals surface area contributed by atoms with Crippen molar-refractivity contribution < 1.29 is 4.74 Å². The van der Waals surface area contributed by atoms with Gasteiger partial charge in [0.25, 0.3) is 0 Å². The second-order valence-electron chi connectivity index (χ2n) is 4.57. The van der Waals surface area contributed by atoms with Gasteiger partial charge in [-0.15, -0.1) is 0 Å². The lowest BCUT2D eigenvalue weighted by Crippen LogP contribution is -2.27. The third kappa shape index (κ3) is 5.28. The topological polar surface area (TPSA) is 21.3 Å². The average Bonchev–Trinajstić information content (AvgIpc) is 2.39. The van der Waals surface area contributed by atoms with Crippen molar-refractivity contribution >= 4 is 11.6 Å². The Morgan fingerprint density at radius 1 is 1.33 bits per heavy atom. The highest BCUT2D eigenvalue weighted by Gasteiger charge is 2.01. The Bertz CT molecular complexity index is 354. The molecule has 1 aromatic rings. The van der Waals surface area contributed by atoms with Gasteiger partial charge in [-0.2, -0.15) is 0 Å². The summed E-state index contributed by atoms with van der Waals surface area (Å²) in [7, 11) is 0. The van der Waals surface area contributed by atoms with Crippen LogP contribution in [0, 0.1) is 0 Å². The SMILES string of the molecule is CCc1cc(OCCCNC(C)CC)ccc1Cl. The maximum Gasteiger partial charge on any atom is 0.119 e. The summed E-state index contributed by atoms with van der Waals surface area (Å²) in [6, 6.07) is 6.47. The van der Waals surface area contributed by atoms with E-state index in [4.69, 9.17) is 16.3 Å². The molecule has 0 heterocycles. The normalized spacial score (nSPS) is 12.4. The van der Waals surface area contributed by atoms with Crippen LogP contribution in [0.25, 0.3) is 0 Å². The summed E-state index contributed by atoms with van der Waals surface area (Å²) in [5, 5.41) is 4.27. The number of benzene rings is 1. The van der Waals surface area contributed by atoms with Gasteiger partial charge < -0.3 is 10.1 Å². The molecule has 2 nitrogen and oxygen atoms in total. The highest BCUT2D eigenvalue weighted by Crippen LogP contribution is 2.22. The molecule has 1 unspecified atom stereocenters. The van der Waals surface area contributed by atoms with Gasteiger partial charge in [0, 0.05) is 11.1 Å². The number of nitrogens with one attached hydrogen (secondary N) is 1. The van der Waals surface area contributed by atoms with Crippen molar-refractivity contribution in [2.24, 2.45) is 0 Å². The van der Waals surface area contributed by atoms with Gasteiger partial charge in [-0.05, 0) is 56.5 Å². The Balaban J connectivity index is 2.27. The van der Waals surface area contributed by atoms with Crippen molar-refractivity contribution in [3.05, 3.63) is 28.8 Å². The lowest BCUT2D eigenvalue weighted by molar-refractivity contribution is 0.305. The smallest absolute Gasteiger partial charge is 0.119 e. The summed E-state index contributed by atoms with van der Waals surface area (Å²) < 4.78 is 5.72. The largest absolute Gasteiger partial charge is 0.494 e. The number of hydrogen-bond donors (Lipinski definition) is 1. The van der Waals surface area contributed by atoms with Crippen molar-refractivity contribution in [3.63, 3.8) is 0 Å². The summed E-state index contributed by atoms with van der Waals surface area (Å²) in [5.74, 6) is 0.916. The van der Waals surface area contributed by atoms with Gasteiger partial charge in [-0.1, -0.05) is 25.4 Å². The standard InChI is InChI=1S/C15H24ClNO/c1-4-12(3)17-9-6-10-18-14-7-8-15(16)13(5-2)11-14/h7-8,11-12,17H,4-6,9-10H2,1-3H3. The quantitative estimate of drug-likeness (QED) is 0.719. The van der Waals surface area contributed by atoms with E-state index in [1.165, 1.54) is 0 Å². The summed E-state index contributed by atoms with van der Waals surface area (Å²) in [5.41, 5.74) is 1.15. The first-order valence-electron chi connectivity index (χ1n) is 6.82. The Morgan fingerprint density at radius 3 is 2.78 bits per heavy atom. The first-order valence-corrected chi connectivity index (χ1v) is 7.19. The molecule has 0 radical (unpaired) electrons. The van der Waals surface area contributed by atoms with Crippen molar-refractivity contribution in [3.8, 4) is 5.75 Å². The monoisotopic (exact) mass is 269 g/mol. The molecule has 18 heavy (non-hydrogen) atoms. The number of hydrogen-bond acceptors (Lipinski definition) is 2. The number of aryl methyl sites for hydroxylation is 1. The molecule has 102 valence electrons. The first-order chi connectivity index (χ1) is 8.67. The third-order valence-corrected chi connectivity index (χ3v) is 3.46. The minimum absolute atomic E-state index is 0.590. The van der Waals surface area contributed by atoms with Gasteiger partial charge in [0.1, 0.15) is 5.75 Å². The summed E-state index contributed by atoms with van der Waals surface area (Å²) in [6.07, 6.45) is 3.12. The fourth-order valence-corrected chi connectivity index (χ4v) is 1.92. The first kappa shape index (κ1) is 15.3. The zero-order chi connectivity index (χ0) is 13.4. The van der Waals surface area contributed by atoms with E-state index < -0.39 is 0 Å². The van der Waals surface area contributed by atoms with E-state index in [1.807, 2.05) is 18.2 Å². The van der Waals surface area contributed by atoms with Crippen LogP contribution in [0.4, 0.5) is 0 Å². The molecule has 0 saturated heterocycles. The average molecular weight is 270 g/mol. The van der Waals surface area contributed by atoms with E-state index in [1.54, 1.807) is 0 Å². The minimum atomic E-state index is 0.590. The maximum absolute atomic E-state index is 6.07. The van der Waals surface area contributed by atoms with Crippen LogP contribution in [0.5, 0.6) is 5.75 Å². The van der Waals surface area contributed by atoms with E-state index in [9.17, 15) is 0 Å². The molecule has 0 fully saturated rings. The van der Waals surface area contributed by atoms with Gasteiger partial charge in [-0.25, -0.2) is 0 Å². The lowest BCUT2D eigenvalue weighted by Gasteiger charge is -2.12. The van der Waals surface area contributed by atoms with E-state index in [2.05, 4.69) is 26.1 Å². The second-order valence-corrected chi connectivity index (χ2v) is 4.98. The molecule has 0 amide bonds. The van der Waals surface area contributed by atoms with Gasteiger partial charge >= 0.3 is 0 Å². The minimum Gasteiger partial charge on any atom is -0.494 e. The number of halogens is 1. The Hall–Kier alpha value is -0.730. The van der Waals surface area contributed by atoms with Crippen LogP contribution >= 0.6 is 11.6 Å². The molecule has 3 heteroatoms. The lowest BCUT2D eigenvalue weighted by atomic mass is 10.1. The molecule has 1 aromatic carbocycles. The molecule has 0 aliphatic rings. The van der Waals surface area contributed by atoms with Gasteiger partial charge in [0.05, 0.1) is 6.61 Å². The number of ether oxygens (including phenoxy) is 1. The van der Waals surface area contributed by atoms with Crippen molar-refractivity contribution in [2.75, 3.05) is 13.2 Å². The van der Waals surface area contributed by atoms with E-state index in [-0.39, 0.29) is 0 Å². The van der Waals surface area contributed by atoms with E-state index >= 15 is 0 Å². The Kier molecular flexibility index (Phi) is 7.14. The molecule has 1 rings (SSSR count). The summed E-state index contributed by atoms with van der Waals surface area (Å²) in [6.45, 7) is 8.24. The van der Waals surface area contributed by atoms with Gasteiger partial charge in [0.2, 0.25) is 0 Å². The fourth-order valence-electron chi connectivity index (χ4n) is 1.67. The Labute approximate surface area is 116 Å². The zero-order valence-corrected chi connectivity index (χ0v) is 12.4. The van der Waals surface area contributed by atoms with Crippen molar-refractivity contribution in [2.45, 2.75) is 46.1 Å². The van der Waals surface area contributed by atoms with E-state index in [0.717, 1.165) is 48.7 Å². The maximum atomic E-state index is 6.07. The molecule has 0 aliphatic carbocycles. The molecular weight excluding hydrogens is 246 g/mol. The highest BCUT2D eigenvalue weighted by molar-refractivity contribution is 6.31. The second kappa shape index (κ2) is 8.39. The fraction of sp³-hybridized carbons (Fsp3) is 0.600. The summed E-state index contributed by atoms with van der Waals surface area (Å²) in [4.78, 5) is 0. The Morgan fingerprint density at radius 2 is 2.11 bits per heavy atom. The third-order valence-electron chi connectivity index (χ3n) is 3.09. The molecule has 0 bridgehead atoms. The van der Waals surface area contributed by atoms with Gasteiger partial charge in [-0.3, -0.25) is 0 Å². The number of rotatable bonds is 8. The predicted octanol–water partition coefficient (Wildman–Crippen LogP) is 4.06.